The minimum absolute atomic E-state index is 0.251. The molecule has 0 spiro atoms. The van der Waals surface area contributed by atoms with Crippen molar-refractivity contribution < 1.29 is 0 Å². The normalized spacial score (nSPS) is 13.9. The van der Waals surface area contributed by atoms with E-state index >= 15 is 0 Å². The minimum Gasteiger partial charge on any atom is -0.347 e. The molecule has 16 heavy (non-hydrogen) atoms. The van der Waals surface area contributed by atoms with E-state index in [-0.39, 0.29) is 6.04 Å². The number of hydrogen-bond donors (Lipinski definition) is 3. The van der Waals surface area contributed by atoms with Gasteiger partial charge in [0.05, 0.1) is 6.04 Å². The highest BCUT2D eigenvalue weighted by molar-refractivity contribution is 7.10. The number of nitrogens with two attached hydrogens (primary N) is 1. The Bertz CT molecular complexity index is 319. The van der Waals surface area contributed by atoms with E-state index < -0.39 is 0 Å². The third-order valence-electron chi connectivity index (χ3n) is 2.26. The van der Waals surface area contributed by atoms with Gasteiger partial charge in [0.2, 0.25) is 5.96 Å². The van der Waals surface area contributed by atoms with Crippen LogP contribution in [0.2, 0.25) is 0 Å². The van der Waals surface area contributed by atoms with Crippen LogP contribution < -0.4 is 16.6 Å². The lowest BCUT2D eigenvalue weighted by Crippen LogP contribution is -2.44. The monoisotopic (exact) mass is 240 g/mol. The first-order valence-electron chi connectivity index (χ1n) is 5.50. The molecule has 1 heterocycles. The molecule has 0 fully saturated rings. The van der Waals surface area contributed by atoms with Gasteiger partial charge in [-0.25, -0.2) is 5.84 Å². The molecule has 0 saturated carbocycles. The summed E-state index contributed by atoms with van der Waals surface area (Å²) in [6.07, 6.45) is 0. The highest BCUT2D eigenvalue weighted by Gasteiger charge is 2.17. The lowest BCUT2D eigenvalue weighted by atomic mass is 10.0. The van der Waals surface area contributed by atoms with Crippen molar-refractivity contribution >= 4 is 17.3 Å². The molecule has 0 aromatic carbocycles. The summed E-state index contributed by atoms with van der Waals surface area (Å²) in [5.74, 6) is 6.55. The Kier molecular flexibility index (Phi) is 5.28. The van der Waals surface area contributed by atoms with Gasteiger partial charge >= 0.3 is 0 Å². The summed E-state index contributed by atoms with van der Waals surface area (Å²) >= 11 is 1.74. The van der Waals surface area contributed by atoms with Gasteiger partial charge in [0.1, 0.15) is 0 Å². The van der Waals surface area contributed by atoms with Crippen LogP contribution in [0.15, 0.2) is 22.5 Å². The number of rotatable bonds is 4. The number of nitrogens with zero attached hydrogens (tertiary/aromatic N) is 1. The Labute approximate surface area is 101 Å². The van der Waals surface area contributed by atoms with Crippen LogP contribution in [0.3, 0.4) is 0 Å². The fraction of sp³-hybridized carbons (Fsp3) is 0.545. The van der Waals surface area contributed by atoms with Crippen molar-refractivity contribution in [2.24, 2.45) is 16.8 Å². The summed E-state index contributed by atoms with van der Waals surface area (Å²) in [6.45, 7) is 7.05. The van der Waals surface area contributed by atoms with Crippen molar-refractivity contribution in [2.45, 2.75) is 26.8 Å². The van der Waals surface area contributed by atoms with E-state index in [0.717, 1.165) is 0 Å². The number of hydrazine groups is 1. The number of hydrogen-bond acceptors (Lipinski definition) is 3. The molecule has 0 aliphatic heterocycles. The van der Waals surface area contributed by atoms with E-state index in [1.165, 1.54) is 4.88 Å². The zero-order valence-corrected chi connectivity index (χ0v) is 10.8. The van der Waals surface area contributed by atoms with Gasteiger partial charge in [0.15, 0.2) is 0 Å². The largest absolute Gasteiger partial charge is 0.347 e. The lowest BCUT2D eigenvalue weighted by Gasteiger charge is -2.22. The van der Waals surface area contributed by atoms with Crippen molar-refractivity contribution in [1.82, 2.24) is 10.7 Å². The minimum atomic E-state index is 0.251. The van der Waals surface area contributed by atoms with Gasteiger partial charge in [0, 0.05) is 11.4 Å². The SMILES string of the molecule is CCN=C(NN)NC(c1cccs1)C(C)C. The first-order valence-corrected chi connectivity index (χ1v) is 6.38. The summed E-state index contributed by atoms with van der Waals surface area (Å²) in [5, 5.41) is 5.41. The second kappa shape index (κ2) is 6.50. The first-order chi connectivity index (χ1) is 7.69. The maximum absolute atomic E-state index is 5.42. The van der Waals surface area contributed by atoms with Crippen molar-refractivity contribution in [2.75, 3.05) is 6.54 Å². The van der Waals surface area contributed by atoms with Crippen molar-refractivity contribution in [1.29, 1.82) is 0 Å². The zero-order valence-electron chi connectivity index (χ0n) is 10.0. The molecule has 0 bridgehead atoms. The lowest BCUT2D eigenvalue weighted by molar-refractivity contribution is 0.472. The van der Waals surface area contributed by atoms with Crippen molar-refractivity contribution in [3.05, 3.63) is 22.4 Å². The van der Waals surface area contributed by atoms with Crippen LogP contribution in [0.1, 0.15) is 31.7 Å². The van der Waals surface area contributed by atoms with E-state index in [1.807, 2.05) is 6.92 Å². The molecule has 0 amide bonds. The van der Waals surface area contributed by atoms with Crippen LogP contribution in [-0.2, 0) is 0 Å². The molecular weight excluding hydrogens is 220 g/mol. The number of nitrogens with one attached hydrogen (secondary N) is 2. The van der Waals surface area contributed by atoms with Gasteiger partial charge in [-0.1, -0.05) is 19.9 Å². The molecule has 4 nitrogen and oxygen atoms in total. The Morgan fingerprint density at radius 2 is 2.31 bits per heavy atom. The second-order valence-electron chi connectivity index (χ2n) is 3.85. The number of thiophene rings is 1. The van der Waals surface area contributed by atoms with Crippen LogP contribution in [0.25, 0.3) is 0 Å². The topological polar surface area (TPSA) is 62.4 Å². The smallest absolute Gasteiger partial charge is 0.206 e. The van der Waals surface area contributed by atoms with E-state index in [2.05, 4.69) is 47.1 Å². The highest BCUT2D eigenvalue weighted by atomic mass is 32.1. The molecule has 0 aliphatic carbocycles. The summed E-state index contributed by atoms with van der Waals surface area (Å²) < 4.78 is 0. The maximum atomic E-state index is 5.42. The Morgan fingerprint density at radius 3 is 2.75 bits per heavy atom. The van der Waals surface area contributed by atoms with Crippen molar-refractivity contribution in [3.63, 3.8) is 0 Å². The zero-order chi connectivity index (χ0) is 12.0. The van der Waals surface area contributed by atoms with Gasteiger partial charge in [-0.05, 0) is 24.3 Å². The van der Waals surface area contributed by atoms with Gasteiger partial charge in [-0.3, -0.25) is 10.4 Å². The molecule has 1 rings (SSSR count). The molecule has 0 saturated heterocycles. The predicted octanol–water partition coefficient (Wildman–Crippen LogP) is 1.87. The van der Waals surface area contributed by atoms with E-state index in [9.17, 15) is 0 Å². The fourth-order valence-electron chi connectivity index (χ4n) is 1.47. The molecule has 0 radical (unpaired) electrons. The van der Waals surface area contributed by atoms with Gasteiger partial charge in [0.25, 0.3) is 0 Å². The Morgan fingerprint density at radius 1 is 1.56 bits per heavy atom. The summed E-state index contributed by atoms with van der Waals surface area (Å²) in [7, 11) is 0. The van der Waals surface area contributed by atoms with Crippen LogP contribution in [0, 0.1) is 5.92 Å². The van der Waals surface area contributed by atoms with Crippen LogP contribution in [0.5, 0.6) is 0 Å². The van der Waals surface area contributed by atoms with E-state index in [0.29, 0.717) is 18.4 Å². The summed E-state index contributed by atoms with van der Waals surface area (Å²) in [6, 6.07) is 4.44. The van der Waals surface area contributed by atoms with Gasteiger partial charge < -0.3 is 5.32 Å². The average molecular weight is 240 g/mol. The molecule has 1 aromatic heterocycles. The molecule has 1 aromatic rings. The van der Waals surface area contributed by atoms with E-state index in [4.69, 9.17) is 5.84 Å². The Hall–Kier alpha value is -1.07. The van der Waals surface area contributed by atoms with Gasteiger partial charge in [-0.15, -0.1) is 11.3 Å². The predicted molar refractivity (Wildman–Crippen MR) is 70.3 cm³/mol. The summed E-state index contributed by atoms with van der Waals surface area (Å²) in [5.41, 5.74) is 2.59. The third-order valence-corrected chi connectivity index (χ3v) is 3.22. The fourth-order valence-corrected chi connectivity index (χ4v) is 2.42. The van der Waals surface area contributed by atoms with E-state index in [1.54, 1.807) is 11.3 Å². The van der Waals surface area contributed by atoms with Crippen LogP contribution in [-0.4, -0.2) is 12.5 Å². The standard InChI is InChI=1S/C11H20N4S/c1-4-13-11(15-12)14-10(8(2)3)9-6-5-7-16-9/h5-8,10H,4,12H2,1-3H3,(H2,13,14,15). The molecule has 1 unspecified atom stereocenters. The molecule has 5 heteroatoms. The average Bonchev–Trinajstić information content (AvgIpc) is 2.76. The second-order valence-corrected chi connectivity index (χ2v) is 4.83. The number of aliphatic imine (C=N–C) groups is 1. The number of guanidine groups is 1. The highest BCUT2D eigenvalue weighted by Crippen LogP contribution is 2.25. The molecule has 90 valence electrons. The first kappa shape index (κ1) is 13.0. The molecule has 4 N–H and O–H groups in total. The molecular formula is C11H20N4S. The van der Waals surface area contributed by atoms with Crippen LogP contribution in [0.4, 0.5) is 0 Å². The van der Waals surface area contributed by atoms with Gasteiger partial charge in [-0.2, -0.15) is 0 Å². The summed E-state index contributed by atoms with van der Waals surface area (Å²) in [4.78, 5) is 5.55. The quantitative estimate of drug-likeness (QED) is 0.326. The van der Waals surface area contributed by atoms with Crippen LogP contribution >= 0.6 is 11.3 Å². The molecule has 0 aliphatic rings. The maximum Gasteiger partial charge on any atom is 0.206 e. The Balaban J connectivity index is 2.76. The molecule has 1 atom stereocenters. The van der Waals surface area contributed by atoms with Crippen molar-refractivity contribution in [3.8, 4) is 0 Å². The third kappa shape index (κ3) is 3.50.